The summed E-state index contributed by atoms with van der Waals surface area (Å²) in [6, 6.07) is 10.3. The highest BCUT2D eigenvalue weighted by atomic mass is 16.5. The van der Waals surface area contributed by atoms with Crippen molar-refractivity contribution in [3.05, 3.63) is 35.9 Å². The number of carbonyl (C=O) groups is 2. The van der Waals surface area contributed by atoms with Gasteiger partial charge in [-0.1, -0.05) is 30.3 Å². The van der Waals surface area contributed by atoms with Crippen LogP contribution in [0.3, 0.4) is 0 Å². The van der Waals surface area contributed by atoms with Crippen LogP contribution in [-0.2, 0) is 25.6 Å². The third kappa shape index (κ3) is 6.11. The number of nitrogens with zero attached hydrogens (tertiary/aromatic N) is 2. The lowest BCUT2D eigenvalue weighted by atomic mass is 10.0. The molecule has 1 aromatic carbocycles. The molecular formula is C20H30N2O4. The first-order chi connectivity index (χ1) is 12.5. The predicted molar refractivity (Wildman–Crippen MR) is 99.6 cm³/mol. The van der Waals surface area contributed by atoms with E-state index in [1.807, 2.05) is 39.1 Å². The van der Waals surface area contributed by atoms with Crippen molar-refractivity contribution >= 4 is 11.9 Å². The van der Waals surface area contributed by atoms with Crippen molar-refractivity contribution in [1.82, 2.24) is 9.80 Å². The van der Waals surface area contributed by atoms with Gasteiger partial charge < -0.3 is 9.47 Å². The molecule has 0 aliphatic carbocycles. The maximum Gasteiger partial charge on any atom is 0.307 e. The second-order valence-electron chi connectivity index (χ2n) is 6.67. The van der Waals surface area contributed by atoms with E-state index in [2.05, 4.69) is 21.9 Å². The van der Waals surface area contributed by atoms with Gasteiger partial charge in [0, 0.05) is 31.7 Å². The van der Waals surface area contributed by atoms with E-state index < -0.39 is 0 Å². The van der Waals surface area contributed by atoms with Gasteiger partial charge in [0.25, 0.3) is 0 Å². The lowest BCUT2D eigenvalue weighted by Gasteiger charge is -2.44. The highest BCUT2D eigenvalue weighted by Crippen LogP contribution is 2.21. The molecule has 2 rings (SSSR count). The van der Waals surface area contributed by atoms with Crippen LogP contribution < -0.4 is 0 Å². The first kappa shape index (κ1) is 20.4. The molecule has 1 aliphatic heterocycles. The van der Waals surface area contributed by atoms with Crippen LogP contribution in [0.4, 0.5) is 0 Å². The Balaban J connectivity index is 2.08. The van der Waals surface area contributed by atoms with Crippen LogP contribution in [0.5, 0.6) is 0 Å². The number of hydrogen-bond acceptors (Lipinski definition) is 6. The molecule has 26 heavy (non-hydrogen) atoms. The topological polar surface area (TPSA) is 59.1 Å². The zero-order valence-electron chi connectivity index (χ0n) is 16.0. The van der Waals surface area contributed by atoms with Gasteiger partial charge in [-0.15, -0.1) is 0 Å². The number of hydrogen-bond donors (Lipinski definition) is 0. The van der Waals surface area contributed by atoms with E-state index in [4.69, 9.17) is 9.47 Å². The molecule has 6 heteroatoms. The average molecular weight is 362 g/mol. The van der Waals surface area contributed by atoms with Crippen molar-refractivity contribution < 1.29 is 19.1 Å². The van der Waals surface area contributed by atoms with Crippen molar-refractivity contribution in [2.24, 2.45) is 0 Å². The van der Waals surface area contributed by atoms with Crippen molar-refractivity contribution in [2.45, 2.75) is 45.3 Å². The van der Waals surface area contributed by atoms with Gasteiger partial charge in [-0.25, -0.2) is 0 Å². The number of rotatable bonds is 8. The third-order valence-electron chi connectivity index (χ3n) is 4.75. The molecule has 0 radical (unpaired) electrons. The van der Waals surface area contributed by atoms with Crippen molar-refractivity contribution in [3.63, 3.8) is 0 Å². The SMILES string of the molecule is CCOC(=O)C[C@H]1CN(Cc2ccccc2)C[C@H](CC(=O)OCC)N1C. The third-order valence-corrected chi connectivity index (χ3v) is 4.75. The lowest BCUT2D eigenvalue weighted by Crippen LogP contribution is -2.57. The minimum atomic E-state index is -0.194. The number of esters is 2. The Morgan fingerprint density at radius 1 is 0.962 bits per heavy atom. The molecule has 0 saturated carbocycles. The molecule has 1 heterocycles. The Kier molecular flexibility index (Phi) is 8.06. The summed E-state index contributed by atoms with van der Waals surface area (Å²) in [4.78, 5) is 28.4. The van der Waals surface area contributed by atoms with Gasteiger partial charge in [0.05, 0.1) is 26.1 Å². The number of carbonyl (C=O) groups excluding carboxylic acids is 2. The van der Waals surface area contributed by atoms with E-state index in [0.29, 0.717) is 26.1 Å². The summed E-state index contributed by atoms with van der Waals surface area (Å²) in [5.41, 5.74) is 1.22. The van der Waals surface area contributed by atoms with Crippen LogP contribution in [-0.4, -0.2) is 67.2 Å². The molecule has 6 nitrogen and oxygen atoms in total. The first-order valence-corrected chi connectivity index (χ1v) is 9.32. The van der Waals surface area contributed by atoms with E-state index in [1.54, 1.807) is 0 Å². The quantitative estimate of drug-likeness (QED) is 0.660. The van der Waals surface area contributed by atoms with Gasteiger partial charge >= 0.3 is 11.9 Å². The number of benzene rings is 1. The molecule has 0 unspecified atom stereocenters. The van der Waals surface area contributed by atoms with Crippen molar-refractivity contribution in [3.8, 4) is 0 Å². The maximum atomic E-state index is 12.0. The van der Waals surface area contributed by atoms with Crippen molar-refractivity contribution in [1.29, 1.82) is 0 Å². The summed E-state index contributed by atoms with van der Waals surface area (Å²) >= 11 is 0. The van der Waals surface area contributed by atoms with Crippen LogP contribution in [0.25, 0.3) is 0 Å². The molecule has 0 aromatic heterocycles. The Hall–Kier alpha value is -1.92. The normalized spacial score (nSPS) is 21.3. The summed E-state index contributed by atoms with van der Waals surface area (Å²) in [6.07, 6.45) is 0.657. The Morgan fingerprint density at radius 2 is 1.46 bits per heavy atom. The molecular weight excluding hydrogens is 332 g/mol. The van der Waals surface area contributed by atoms with E-state index in [9.17, 15) is 9.59 Å². The molecule has 0 spiro atoms. The van der Waals surface area contributed by atoms with Gasteiger partial charge in [-0.05, 0) is 26.5 Å². The average Bonchev–Trinajstić information content (AvgIpc) is 2.60. The predicted octanol–water partition coefficient (Wildman–Crippen LogP) is 2.08. The highest BCUT2D eigenvalue weighted by Gasteiger charge is 2.34. The number of piperazine rings is 1. The second-order valence-corrected chi connectivity index (χ2v) is 6.67. The molecule has 144 valence electrons. The van der Waals surface area contributed by atoms with Gasteiger partial charge in [0.1, 0.15) is 0 Å². The fourth-order valence-corrected chi connectivity index (χ4v) is 3.44. The molecule has 1 fully saturated rings. The van der Waals surface area contributed by atoms with Crippen LogP contribution in [0.15, 0.2) is 30.3 Å². The first-order valence-electron chi connectivity index (χ1n) is 9.32. The van der Waals surface area contributed by atoms with Gasteiger partial charge in [0.15, 0.2) is 0 Å². The number of likely N-dealkylation sites (N-methyl/N-ethyl adjacent to an activating group) is 1. The summed E-state index contributed by atoms with van der Waals surface area (Å²) in [5.74, 6) is -0.387. The Bertz CT molecular complexity index is 548. The molecule has 0 N–H and O–H groups in total. The van der Waals surface area contributed by atoms with Gasteiger partial charge in [-0.3, -0.25) is 19.4 Å². The Morgan fingerprint density at radius 3 is 1.92 bits per heavy atom. The minimum Gasteiger partial charge on any atom is -0.466 e. The van der Waals surface area contributed by atoms with Crippen LogP contribution in [0.1, 0.15) is 32.3 Å². The lowest BCUT2D eigenvalue weighted by molar-refractivity contribution is -0.147. The van der Waals surface area contributed by atoms with Gasteiger partial charge in [0.2, 0.25) is 0 Å². The largest absolute Gasteiger partial charge is 0.466 e. The standard InChI is InChI=1S/C20H30N2O4/c1-4-25-19(23)11-17-14-22(13-16-9-7-6-8-10-16)15-18(21(17)3)12-20(24)26-5-2/h6-10,17-18H,4-5,11-15H2,1-3H3/t17-,18-/m0/s1. The van der Waals surface area contributed by atoms with Gasteiger partial charge in [-0.2, -0.15) is 0 Å². The number of ether oxygens (including phenoxy) is 2. The second kappa shape index (κ2) is 10.3. The molecule has 1 saturated heterocycles. The van der Waals surface area contributed by atoms with E-state index in [1.165, 1.54) is 5.56 Å². The maximum absolute atomic E-state index is 12.0. The monoisotopic (exact) mass is 362 g/mol. The van der Waals surface area contributed by atoms with Crippen LogP contribution in [0, 0.1) is 0 Å². The highest BCUT2D eigenvalue weighted by molar-refractivity contribution is 5.71. The van der Waals surface area contributed by atoms with E-state index >= 15 is 0 Å². The summed E-state index contributed by atoms with van der Waals surface area (Å²) in [6.45, 7) is 6.73. The van der Waals surface area contributed by atoms with E-state index in [0.717, 1.165) is 19.6 Å². The molecule has 0 bridgehead atoms. The molecule has 2 atom stereocenters. The van der Waals surface area contributed by atoms with Crippen LogP contribution in [0.2, 0.25) is 0 Å². The van der Waals surface area contributed by atoms with E-state index in [-0.39, 0.29) is 24.0 Å². The summed E-state index contributed by atoms with van der Waals surface area (Å²) in [7, 11) is 1.98. The zero-order chi connectivity index (χ0) is 18.9. The Labute approximate surface area is 156 Å². The summed E-state index contributed by atoms with van der Waals surface area (Å²) in [5, 5.41) is 0. The zero-order valence-corrected chi connectivity index (χ0v) is 16.0. The molecule has 0 amide bonds. The smallest absolute Gasteiger partial charge is 0.307 e. The summed E-state index contributed by atoms with van der Waals surface area (Å²) < 4.78 is 10.3. The minimum absolute atomic E-state index is 0.0194. The molecule has 1 aromatic rings. The molecule has 1 aliphatic rings. The van der Waals surface area contributed by atoms with Crippen molar-refractivity contribution in [2.75, 3.05) is 33.4 Å². The fraction of sp³-hybridized carbons (Fsp3) is 0.600. The fourth-order valence-electron chi connectivity index (χ4n) is 3.44. The van der Waals surface area contributed by atoms with Crippen LogP contribution >= 0.6 is 0 Å².